The van der Waals surface area contributed by atoms with Crippen LogP contribution in [0.5, 0.6) is 0 Å². The van der Waals surface area contributed by atoms with Crippen LogP contribution in [0.25, 0.3) is 0 Å². The minimum atomic E-state index is -0.907. The van der Waals surface area contributed by atoms with E-state index in [0.29, 0.717) is 13.0 Å². The first kappa shape index (κ1) is 15.7. The largest absolute Gasteiger partial charge is 0.480 e. The number of aryl methyl sites for hydroxylation is 1. The molecule has 0 aliphatic rings. The van der Waals surface area contributed by atoms with Gasteiger partial charge in [-0.2, -0.15) is 0 Å². The molecule has 0 radical (unpaired) electrons. The molecule has 0 aromatic carbocycles. The molecule has 0 fully saturated rings. The van der Waals surface area contributed by atoms with E-state index >= 15 is 0 Å². The van der Waals surface area contributed by atoms with Gasteiger partial charge in [0.1, 0.15) is 11.4 Å². The zero-order valence-corrected chi connectivity index (χ0v) is 12.3. The molecule has 1 heterocycles. The van der Waals surface area contributed by atoms with Gasteiger partial charge in [0, 0.05) is 25.5 Å². The highest BCUT2D eigenvalue weighted by molar-refractivity contribution is 5.78. The predicted molar refractivity (Wildman–Crippen MR) is 73.9 cm³/mol. The maximum absolute atomic E-state index is 11.3. The average Bonchev–Trinajstić information content (AvgIpc) is 2.74. The number of rotatable bonds is 7. The SMILES string of the molecule is CNC(C)(CC(C)N(C)Cc1nccn1C)C(=O)O. The first-order valence-electron chi connectivity index (χ1n) is 6.39. The number of carbonyl (C=O) groups is 1. The van der Waals surface area contributed by atoms with Crippen LogP contribution in [0.1, 0.15) is 26.1 Å². The Labute approximate surface area is 114 Å². The maximum atomic E-state index is 11.3. The summed E-state index contributed by atoms with van der Waals surface area (Å²) in [6, 6.07) is 0.130. The van der Waals surface area contributed by atoms with Gasteiger partial charge in [0.25, 0.3) is 0 Å². The van der Waals surface area contributed by atoms with E-state index in [4.69, 9.17) is 0 Å². The third-order valence-electron chi connectivity index (χ3n) is 3.79. The predicted octanol–water partition coefficient (Wildman–Crippen LogP) is 0.693. The first-order valence-corrected chi connectivity index (χ1v) is 6.39. The zero-order chi connectivity index (χ0) is 14.6. The van der Waals surface area contributed by atoms with Crippen molar-refractivity contribution in [3.8, 4) is 0 Å². The number of imidazole rings is 1. The van der Waals surface area contributed by atoms with E-state index in [1.165, 1.54) is 0 Å². The van der Waals surface area contributed by atoms with E-state index in [1.807, 2.05) is 31.8 Å². The van der Waals surface area contributed by atoms with Crippen molar-refractivity contribution in [1.29, 1.82) is 0 Å². The lowest BCUT2D eigenvalue weighted by atomic mass is 9.93. The van der Waals surface area contributed by atoms with Crippen LogP contribution >= 0.6 is 0 Å². The number of carboxylic acid groups (broad SMARTS) is 1. The molecule has 1 aromatic rings. The molecule has 0 bridgehead atoms. The van der Waals surface area contributed by atoms with Gasteiger partial charge in [-0.15, -0.1) is 0 Å². The Bertz CT molecular complexity index is 432. The minimum absolute atomic E-state index is 0.130. The number of aromatic nitrogens is 2. The molecule has 0 aliphatic heterocycles. The Morgan fingerprint density at radius 3 is 2.74 bits per heavy atom. The molecule has 0 saturated heterocycles. The summed E-state index contributed by atoms with van der Waals surface area (Å²) in [5.41, 5.74) is -0.907. The van der Waals surface area contributed by atoms with Gasteiger partial charge in [-0.1, -0.05) is 0 Å². The third-order valence-corrected chi connectivity index (χ3v) is 3.79. The molecule has 6 heteroatoms. The smallest absolute Gasteiger partial charge is 0.323 e. The highest BCUT2D eigenvalue weighted by Gasteiger charge is 2.33. The number of nitrogens with zero attached hydrogens (tertiary/aromatic N) is 3. The van der Waals surface area contributed by atoms with Gasteiger partial charge in [-0.3, -0.25) is 9.69 Å². The molecule has 1 rings (SSSR count). The first-order chi connectivity index (χ1) is 8.80. The molecular weight excluding hydrogens is 244 g/mol. The fourth-order valence-corrected chi connectivity index (χ4v) is 1.97. The quantitative estimate of drug-likeness (QED) is 0.761. The molecule has 1 aromatic heterocycles. The summed E-state index contributed by atoms with van der Waals surface area (Å²) in [7, 11) is 5.62. The van der Waals surface area contributed by atoms with Crippen molar-refractivity contribution in [3.05, 3.63) is 18.2 Å². The second-order valence-electron chi connectivity index (χ2n) is 5.31. The molecule has 0 amide bonds. The van der Waals surface area contributed by atoms with E-state index < -0.39 is 11.5 Å². The van der Waals surface area contributed by atoms with Gasteiger partial charge in [-0.25, -0.2) is 4.98 Å². The van der Waals surface area contributed by atoms with Crippen molar-refractivity contribution < 1.29 is 9.90 Å². The number of nitrogens with one attached hydrogen (secondary N) is 1. The van der Waals surface area contributed by atoms with Crippen LogP contribution in [0.3, 0.4) is 0 Å². The highest BCUT2D eigenvalue weighted by atomic mass is 16.4. The number of aliphatic carboxylic acids is 1. The number of hydrogen-bond acceptors (Lipinski definition) is 4. The number of carboxylic acids is 1. The van der Waals surface area contributed by atoms with Crippen molar-refractivity contribution in [2.75, 3.05) is 14.1 Å². The molecule has 2 atom stereocenters. The number of likely N-dealkylation sites (N-methyl/N-ethyl adjacent to an activating group) is 1. The monoisotopic (exact) mass is 268 g/mol. The van der Waals surface area contributed by atoms with Crippen molar-refractivity contribution in [1.82, 2.24) is 19.8 Å². The average molecular weight is 268 g/mol. The second-order valence-corrected chi connectivity index (χ2v) is 5.31. The standard InChI is InChI=1S/C13H24N4O2/c1-10(8-13(2,14-3)12(18)19)17(5)9-11-15-6-7-16(11)4/h6-7,10,14H,8-9H2,1-5H3,(H,18,19). The fraction of sp³-hybridized carbons (Fsp3) is 0.692. The lowest BCUT2D eigenvalue weighted by Crippen LogP contribution is -2.51. The molecule has 0 aliphatic carbocycles. The van der Waals surface area contributed by atoms with Gasteiger partial charge in [0.15, 0.2) is 0 Å². The molecule has 6 nitrogen and oxygen atoms in total. The van der Waals surface area contributed by atoms with Crippen molar-refractivity contribution >= 4 is 5.97 Å². The molecule has 0 spiro atoms. The minimum Gasteiger partial charge on any atom is -0.480 e. The zero-order valence-electron chi connectivity index (χ0n) is 12.3. The molecular formula is C13H24N4O2. The van der Waals surface area contributed by atoms with Crippen LogP contribution < -0.4 is 5.32 Å². The van der Waals surface area contributed by atoms with Crippen LogP contribution in [0.2, 0.25) is 0 Å². The maximum Gasteiger partial charge on any atom is 0.323 e. The third kappa shape index (κ3) is 3.78. The molecule has 0 saturated carbocycles. The van der Waals surface area contributed by atoms with Gasteiger partial charge in [0.05, 0.1) is 6.54 Å². The van der Waals surface area contributed by atoms with Gasteiger partial charge in [0.2, 0.25) is 0 Å². The summed E-state index contributed by atoms with van der Waals surface area (Å²) < 4.78 is 1.97. The molecule has 108 valence electrons. The summed E-state index contributed by atoms with van der Waals surface area (Å²) in [5, 5.41) is 12.2. The Kier molecular flexibility index (Phi) is 5.08. The van der Waals surface area contributed by atoms with E-state index in [2.05, 4.69) is 15.2 Å². The molecule has 2 N–H and O–H groups in total. The van der Waals surface area contributed by atoms with Crippen molar-refractivity contribution in [2.24, 2.45) is 7.05 Å². The normalized spacial score (nSPS) is 16.3. The summed E-state index contributed by atoms with van der Waals surface area (Å²) in [4.78, 5) is 17.7. The van der Waals surface area contributed by atoms with Crippen LogP contribution in [-0.4, -0.2) is 51.2 Å². The van der Waals surface area contributed by atoms with Crippen LogP contribution in [0.4, 0.5) is 0 Å². The summed E-state index contributed by atoms with van der Waals surface area (Å²) >= 11 is 0. The van der Waals surface area contributed by atoms with Crippen molar-refractivity contribution in [2.45, 2.75) is 38.4 Å². The Balaban J connectivity index is 2.65. The summed E-state index contributed by atoms with van der Waals surface area (Å²) in [5.74, 6) is 0.142. The molecule has 2 unspecified atom stereocenters. The summed E-state index contributed by atoms with van der Waals surface area (Å²) in [6.45, 7) is 4.44. The fourth-order valence-electron chi connectivity index (χ4n) is 1.97. The van der Waals surface area contributed by atoms with Crippen molar-refractivity contribution in [3.63, 3.8) is 0 Å². The Morgan fingerprint density at radius 2 is 2.32 bits per heavy atom. The topological polar surface area (TPSA) is 70.4 Å². The number of hydrogen-bond donors (Lipinski definition) is 2. The van der Waals surface area contributed by atoms with E-state index in [1.54, 1.807) is 20.2 Å². The van der Waals surface area contributed by atoms with E-state index in [0.717, 1.165) is 5.82 Å². The van der Waals surface area contributed by atoms with Gasteiger partial charge >= 0.3 is 5.97 Å². The second kappa shape index (κ2) is 6.16. The summed E-state index contributed by atoms with van der Waals surface area (Å²) in [6.07, 6.45) is 4.20. The van der Waals surface area contributed by atoms with E-state index in [9.17, 15) is 9.90 Å². The van der Waals surface area contributed by atoms with E-state index in [-0.39, 0.29) is 6.04 Å². The molecule has 19 heavy (non-hydrogen) atoms. The Morgan fingerprint density at radius 1 is 1.68 bits per heavy atom. The van der Waals surface area contributed by atoms with Gasteiger partial charge in [-0.05, 0) is 34.4 Å². The van der Waals surface area contributed by atoms with Crippen LogP contribution in [0, 0.1) is 0 Å². The van der Waals surface area contributed by atoms with Crippen LogP contribution in [-0.2, 0) is 18.4 Å². The highest BCUT2D eigenvalue weighted by Crippen LogP contribution is 2.16. The lowest BCUT2D eigenvalue weighted by Gasteiger charge is -2.32. The van der Waals surface area contributed by atoms with Crippen LogP contribution in [0.15, 0.2) is 12.4 Å². The van der Waals surface area contributed by atoms with Gasteiger partial charge < -0.3 is 15.0 Å². The lowest BCUT2D eigenvalue weighted by molar-refractivity contribution is -0.144. The Hall–Kier alpha value is -1.40.